The second kappa shape index (κ2) is 4.99. The largest absolute Gasteiger partial charge is 0.391 e. The molecule has 2 unspecified atom stereocenters. The third-order valence-electron chi connectivity index (χ3n) is 3.57. The lowest BCUT2D eigenvalue weighted by Crippen LogP contribution is -2.39. The lowest BCUT2D eigenvalue weighted by molar-refractivity contribution is 0.159. The van der Waals surface area contributed by atoms with Crippen LogP contribution in [0.15, 0.2) is 23.1 Å². The number of hydrogen-bond acceptors (Lipinski definition) is 3. The fourth-order valence-corrected chi connectivity index (χ4v) is 3.62. The Hall–Kier alpha value is -0.910. The quantitative estimate of drug-likeness (QED) is 0.874. The second-order valence-electron chi connectivity index (χ2n) is 4.97. The minimum Gasteiger partial charge on any atom is -0.391 e. The molecular weight excluding hydrogens is 250 g/mol. The van der Waals surface area contributed by atoms with Crippen LogP contribution in [-0.4, -0.2) is 25.7 Å². The molecule has 0 saturated heterocycles. The number of hydrogen-bond donors (Lipinski definition) is 2. The van der Waals surface area contributed by atoms with E-state index in [4.69, 9.17) is 0 Å². The minimum atomic E-state index is -3.53. The summed E-state index contributed by atoms with van der Waals surface area (Å²) in [5, 5.41) is 9.67. The SMILES string of the molecule is Cc1ccc(S(=O)(=O)NC2CCCC2O)cc1C. The van der Waals surface area contributed by atoms with Gasteiger partial charge in [-0.2, -0.15) is 0 Å². The number of aliphatic hydroxyl groups excluding tert-OH is 1. The monoisotopic (exact) mass is 269 g/mol. The van der Waals surface area contributed by atoms with Gasteiger partial charge in [-0.05, 0) is 56.4 Å². The van der Waals surface area contributed by atoms with Crippen molar-refractivity contribution in [2.75, 3.05) is 0 Å². The molecule has 0 amide bonds. The number of sulfonamides is 1. The zero-order valence-corrected chi connectivity index (χ0v) is 11.5. The van der Waals surface area contributed by atoms with E-state index in [0.29, 0.717) is 12.8 Å². The normalized spacial score (nSPS) is 24.4. The van der Waals surface area contributed by atoms with Gasteiger partial charge >= 0.3 is 0 Å². The van der Waals surface area contributed by atoms with E-state index in [2.05, 4.69) is 4.72 Å². The van der Waals surface area contributed by atoms with Gasteiger partial charge in [-0.1, -0.05) is 6.07 Å². The number of aryl methyl sites for hydroxylation is 2. The summed E-state index contributed by atoms with van der Waals surface area (Å²) in [7, 11) is -3.53. The molecule has 1 fully saturated rings. The summed E-state index contributed by atoms with van der Waals surface area (Å²) < 4.78 is 26.9. The molecule has 1 saturated carbocycles. The Kier molecular flexibility index (Phi) is 3.75. The molecule has 4 nitrogen and oxygen atoms in total. The molecule has 0 aliphatic heterocycles. The molecule has 0 radical (unpaired) electrons. The zero-order valence-electron chi connectivity index (χ0n) is 10.7. The van der Waals surface area contributed by atoms with Gasteiger partial charge in [-0.3, -0.25) is 0 Å². The molecule has 0 aromatic heterocycles. The molecule has 1 aromatic rings. The van der Waals surface area contributed by atoms with Crippen LogP contribution < -0.4 is 4.72 Å². The fourth-order valence-electron chi connectivity index (χ4n) is 2.23. The molecule has 2 N–H and O–H groups in total. The van der Waals surface area contributed by atoms with E-state index in [9.17, 15) is 13.5 Å². The average molecular weight is 269 g/mol. The maximum absolute atomic E-state index is 12.2. The molecule has 1 aliphatic rings. The molecule has 1 aliphatic carbocycles. The Morgan fingerprint density at radius 1 is 1.22 bits per heavy atom. The average Bonchev–Trinajstić information content (AvgIpc) is 2.67. The van der Waals surface area contributed by atoms with Crippen LogP contribution in [0.25, 0.3) is 0 Å². The van der Waals surface area contributed by atoms with E-state index in [1.165, 1.54) is 0 Å². The summed E-state index contributed by atoms with van der Waals surface area (Å²) in [6.45, 7) is 3.83. The predicted octanol–water partition coefficient (Wildman–Crippen LogP) is 1.50. The van der Waals surface area contributed by atoms with Crippen LogP contribution in [0.4, 0.5) is 0 Å². The third kappa shape index (κ3) is 2.74. The molecular formula is C13H19NO3S. The summed E-state index contributed by atoms with van der Waals surface area (Å²) >= 11 is 0. The van der Waals surface area contributed by atoms with E-state index in [-0.39, 0.29) is 10.9 Å². The van der Waals surface area contributed by atoms with Gasteiger partial charge in [-0.25, -0.2) is 13.1 Å². The van der Waals surface area contributed by atoms with Crippen molar-refractivity contribution in [3.63, 3.8) is 0 Å². The van der Waals surface area contributed by atoms with Crippen molar-refractivity contribution in [1.82, 2.24) is 4.72 Å². The Morgan fingerprint density at radius 3 is 2.50 bits per heavy atom. The Balaban J connectivity index is 2.22. The topological polar surface area (TPSA) is 66.4 Å². The van der Waals surface area contributed by atoms with Crippen LogP contribution >= 0.6 is 0 Å². The summed E-state index contributed by atoms with van der Waals surface area (Å²) in [5.74, 6) is 0. The van der Waals surface area contributed by atoms with Crippen molar-refractivity contribution >= 4 is 10.0 Å². The summed E-state index contributed by atoms with van der Waals surface area (Å²) in [6, 6.07) is 4.72. The van der Waals surface area contributed by atoms with Crippen LogP contribution in [0.1, 0.15) is 30.4 Å². The summed E-state index contributed by atoms with van der Waals surface area (Å²) in [4.78, 5) is 0.268. The van der Waals surface area contributed by atoms with Gasteiger partial charge < -0.3 is 5.11 Å². The van der Waals surface area contributed by atoms with Crippen molar-refractivity contribution in [3.8, 4) is 0 Å². The van der Waals surface area contributed by atoms with Crippen molar-refractivity contribution in [2.45, 2.75) is 50.2 Å². The molecule has 0 heterocycles. The van der Waals surface area contributed by atoms with Crippen LogP contribution in [0, 0.1) is 13.8 Å². The highest BCUT2D eigenvalue weighted by Crippen LogP contribution is 2.22. The standard InChI is InChI=1S/C13H19NO3S/c1-9-6-7-11(8-10(9)2)18(16,17)14-12-4-3-5-13(12)15/h6-8,12-15H,3-5H2,1-2H3. The second-order valence-corrected chi connectivity index (χ2v) is 6.69. The maximum atomic E-state index is 12.2. The molecule has 18 heavy (non-hydrogen) atoms. The van der Waals surface area contributed by atoms with Gasteiger partial charge in [0.05, 0.1) is 11.0 Å². The zero-order chi connectivity index (χ0) is 13.3. The molecule has 1 aromatic carbocycles. The smallest absolute Gasteiger partial charge is 0.240 e. The van der Waals surface area contributed by atoms with Crippen molar-refractivity contribution in [2.24, 2.45) is 0 Å². The molecule has 100 valence electrons. The Bertz CT molecular complexity index is 539. The summed E-state index contributed by atoms with van der Waals surface area (Å²) in [6.07, 6.45) is 1.67. The molecule has 0 spiro atoms. The summed E-state index contributed by atoms with van der Waals surface area (Å²) in [5.41, 5.74) is 2.01. The Labute approximate surface area is 108 Å². The van der Waals surface area contributed by atoms with E-state index < -0.39 is 16.1 Å². The van der Waals surface area contributed by atoms with E-state index >= 15 is 0 Å². The van der Waals surface area contributed by atoms with Crippen molar-refractivity contribution < 1.29 is 13.5 Å². The first-order chi connectivity index (χ1) is 8.40. The first-order valence-electron chi connectivity index (χ1n) is 6.18. The van der Waals surface area contributed by atoms with Gasteiger partial charge in [0.25, 0.3) is 0 Å². The van der Waals surface area contributed by atoms with Gasteiger partial charge in [0.2, 0.25) is 10.0 Å². The highest BCUT2D eigenvalue weighted by Gasteiger charge is 2.29. The third-order valence-corrected chi connectivity index (χ3v) is 5.06. The highest BCUT2D eigenvalue weighted by atomic mass is 32.2. The lowest BCUT2D eigenvalue weighted by atomic mass is 10.1. The van der Waals surface area contributed by atoms with Crippen molar-refractivity contribution in [3.05, 3.63) is 29.3 Å². The lowest BCUT2D eigenvalue weighted by Gasteiger charge is -2.17. The highest BCUT2D eigenvalue weighted by molar-refractivity contribution is 7.89. The predicted molar refractivity (Wildman–Crippen MR) is 69.9 cm³/mol. The number of nitrogens with one attached hydrogen (secondary N) is 1. The van der Waals surface area contributed by atoms with E-state index in [1.807, 2.05) is 13.8 Å². The fraction of sp³-hybridized carbons (Fsp3) is 0.538. The van der Waals surface area contributed by atoms with Crippen molar-refractivity contribution in [1.29, 1.82) is 0 Å². The number of rotatable bonds is 3. The first-order valence-corrected chi connectivity index (χ1v) is 7.66. The van der Waals surface area contributed by atoms with E-state index in [1.54, 1.807) is 18.2 Å². The van der Waals surface area contributed by atoms with Gasteiger partial charge in [0, 0.05) is 6.04 Å². The molecule has 2 rings (SSSR count). The maximum Gasteiger partial charge on any atom is 0.240 e. The van der Waals surface area contributed by atoms with E-state index in [0.717, 1.165) is 17.5 Å². The van der Waals surface area contributed by atoms with Crippen LogP contribution in [0.3, 0.4) is 0 Å². The van der Waals surface area contributed by atoms with Crippen LogP contribution in [-0.2, 0) is 10.0 Å². The Morgan fingerprint density at radius 2 is 1.94 bits per heavy atom. The van der Waals surface area contributed by atoms with Crippen LogP contribution in [0.2, 0.25) is 0 Å². The molecule has 5 heteroatoms. The molecule has 0 bridgehead atoms. The van der Waals surface area contributed by atoms with Gasteiger partial charge in [0.1, 0.15) is 0 Å². The van der Waals surface area contributed by atoms with Gasteiger partial charge in [0.15, 0.2) is 0 Å². The van der Waals surface area contributed by atoms with Gasteiger partial charge in [-0.15, -0.1) is 0 Å². The first kappa shape index (κ1) is 13.5. The number of aliphatic hydroxyl groups is 1. The van der Waals surface area contributed by atoms with Crippen LogP contribution in [0.5, 0.6) is 0 Å². The number of benzene rings is 1. The molecule has 2 atom stereocenters. The minimum absolute atomic E-state index is 0.268.